The third-order valence-electron chi connectivity index (χ3n) is 4.68. The van der Waals surface area contributed by atoms with Crippen molar-refractivity contribution < 1.29 is 0 Å². The molecule has 0 unspecified atom stereocenters. The van der Waals surface area contributed by atoms with Crippen LogP contribution in [-0.2, 0) is 6.54 Å². The summed E-state index contributed by atoms with van der Waals surface area (Å²) in [6.07, 6.45) is 10.3. The molecule has 1 saturated carbocycles. The second kappa shape index (κ2) is 6.41. The lowest BCUT2D eigenvalue weighted by Crippen LogP contribution is -2.22. The molecule has 118 valence electrons. The summed E-state index contributed by atoms with van der Waals surface area (Å²) in [7, 11) is 0. The van der Waals surface area contributed by atoms with E-state index in [0.29, 0.717) is 6.04 Å². The maximum atomic E-state index is 4.62. The van der Waals surface area contributed by atoms with Gasteiger partial charge in [0, 0.05) is 18.8 Å². The first-order valence-electron chi connectivity index (χ1n) is 8.50. The van der Waals surface area contributed by atoms with Crippen LogP contribution in [0.25, 0.3) is 11.0 Å². The average molecular weight is 306 g/mol. The van der Waals surface area contributed by atoms with Crippen LogP contribution in [0.15, 0.2) is 48.9 Å². The molecule has 2 heterocycles. The Balaban J connectivity index is 1.61. The molecule has 3 aromatic rings. The molecule has 23 heavy (non-hydrogen) atoms. The predicted octanol–water partition coefficient (Wildman–Crippen LogP) is 4.22. The molecular formula is C19H22N4. The number of aromatic nitrogens is 3. The Hall–Kier alpha value is -2.36. The molecule has 1 aliphatic rings. The Bertz CT molecular complexity index is 772. The van der Waals surface area contributed by atoms with Gasteiger partial charge in [-0.05, 0) is 24.5 Å². The van der Waals surface area contributed by atoms with Crippen molar-refractivity contribution in [1.82, 2.24) is 14.5 Å². The Morgan fingerprint density at radius 2 is 1.83 bits per heavy atom. The van der Waals surface area contributed by atoms with Crippen LogP contribution in [0.3, 0.4) is 0 Å². The van der Waals surface area contributed by atoms with Crippen LogP contribution in [0.5, 0.6) is 0 Å². The normalized spacial score (nSPS) is 15.8. The van der Waals surface area contributed by atoms with Crippen molar-refractivity contribution in [2.45, 2.75) is 44.7 Å². The van der Waals surface area contributed by atoms with Gasteiger partial charge in [0.05, 0.1) is 11.8 Å². The molecule has 0 atom stereocenters. The van der Waals surface area contributed by atoms with Gasteiger partial charge in [-0.15, -0.1) is 0 Å². The van der Waals surface area contributed by atoms with Gasteiger partial charge in [-0.1, -0.05) is 49.6 Å². The Labute approximate surface area is 136 Å². The smallest absolute Gasteiger partial charge is 0.154 e. The van der Waals surface area contributed by atoms with E-state index in [-0.39, 0.29) is 0 Å². The summed E-state index contributed by atoms with van der Waals surface area (Å²) in [5.74, 6) is 0.932. The summed E-state index contributed by atoms with van der Waals surface area (Å²) in [5, 5.41) is 3.61. The van der Waals surface area contributed by atoms with E-state index in [1.807, 2.05) is 18.6 Å². The van der Waals surface area contributed by atoms with Gasteiger partial charge in [-0.25, -0.2) is 9.97 Å². The molecule has 0 radical (unpaired) electrons. The fourth-order valence-electron chi connectivity index (χ4n) is 3.44. The molecule has 1 N–H and O–H groups in total. The van der Waals surface area contributed by atoms with Gasteiger partial charge in [0.2, 0.25) is 0 Å². The molecule has 1 aromatic carbocycles. The molecule has 2 aromatic heterocycles. The number of hydrogen-bond acceptors (Lipinski definition) is 3. The van der Waals surface area contributed by atoms with Gasteiger partial charge in [0.1, 0.15) is 5.52 Å². The number of pyridine rings is 1. The number of imidazole rings is 1. The minimum absolute atomic E-state index is 0.543. The monoisotopic (exact) mass is 306 g/mol. The zero-order chi connectivity index (χ0) is 15.5. The van der Waals surface area contributed by atoms with E-state index in [1.54, 1.807) is 0 Å². The average Bonchev–Trinajstić information content (AvgIpc) is 3.01. The zero-order valence-corrected chi connectivity index (χ0v) is 13.3. The highest BCUT2D eigenvalue weighted by Crippen LogP contribution is 2.25. The van der Waals surface area contributed by atoms with E-state index in [9.17, 15) is 0 Å². The Kier molecular flexibility index (Phi) is 3.97. The number of fused-ring (bicyclic) bond motifs is 1. The van der Waals surface area contributed by atoms with Gasteiger partial charge in [0.25, 0.3) is 0 Å². The number of benzene rings is 1. The van der Waals surface area contributed by atoms with E-state index in [4.69, 9.17) is 0 Å². The van der Waals surface area contributed by atoms with E-state index in [1.165, 1.54) is 37.7 Å². The summed E-state index contributed by atoms with van der Waals surface area (Å²) >= 11 is 0. The highest BCUT2D eigenvalue weighted by molar-refractivity contribution is 5.86. The molecule has 0 saturated heterocycles. The van der Waals surface area contributed by atoms with Crippen LogP contribution in [0.2, 0.25) is 0 Å². The van der Waals surface area contributed by atoms with E-state index < -0.39 is 0 Å². The second-order valence-electron chi connectivity index (χ2n) is 6.36. The van der Waals surface area contributed by atoms with Crippen LogP contribution >= 0.6 is 0 Å². The SMILES string of the molecule is c1ccc(Cn2cnc3c(NC4CCCCC4)nccc32)cc1. The summed E-state index contributed by atoms with van der Waals surface area (Å²) in [5.41, 5.74) is 3.40. The lowest BCUT2D eigenvalue weighted by Gasteiger charge is -2.23. The quantitative estimate of drug-likeness (QED) is 0.784. The first-order valence-corrected chi connectivity index (χ1v) is 8.50. The van der Waals surface area contributed by atoms with Crippen molar-refractivity contribution in [2.75, 3.05) is 5.32 Å². The van der Waals surface area contributed by atoms with E-state index in [2.05, 4.69) is 50.2 Å². The molecule has 0 amide bonds. The van der Waals surface area contributed by atoms with E-state index in [0.717, 1.165) is 23.4 Å². The molecule has 1 fully saturated rings. The van der Waals surface area contributed by atoms with Crippen molar-refractivity contribution in [3.63, 3.8) is 0 Å². The summed E-state index contributed by atoms with van der Waals surface area (Å²) < 4.78 is 2.19. The number of nitrogens with one attached hydrogen (secondary N) is 1. The molecule has 0 aliphatic heterocycles. The molecule has 0 bridgehead atoms. The fraction of sp³-hybridized carbons (Fsp3) is 0.368. The summed E-state index contributed by atoms with van der Waals surface area (Å²) in [6, 6.07) is 13.1. The molecule has 0 spiro atoms. The standard InChI is InChI=1S/C19H22N4/c1-3-7-15(8-4-1)13-23-14-21-18-17(23)11-12-20-19(18)22-16-9-5-2-6-10-16/h1,3-4,7-8,11-12,14,16H,2,5-6,9-10,13H2,(H,20,22). The zero-order valence-electron chi connectivity index (χ0n) is 13.3. The van der Waals surface area contributed by atoms with Crippen LogP contribution in [0.1, 0.15) is 37.7 Å². The van der Waals surface area contributed by atoms with Crippen molar-refractivity contribution in [1.29, 1.82) is 0 Å². The Morgan fingerprint density at radius 3 is 2.65 bits per heavy atom. The van der Waals surface area contributed by atoms with Crippen molar-refractivity contribution in [3.05, 3.63) is 54.5 Å². The first kappa shape index (κ1) is 14.2. The van der Waals surface area contributed by atoms with Crippen LogP contribution in [0.4, 0.5) is 5.82 Å². The maximum Gasteiger partial charge on any atom is 0.154 e. The number of anilines is 1. The number of nitrogens with zero attached hydrogens (tertiary/aromatic N) is 3. The minimum atomic E-state index is 0.543. The summed E-state index contributed by atoms with van der Waals surface area (Å²) in [6.45, 7) is 0.838. The molecule has 1 aliphatic carbocycles. The second-order valence-corrected chi connectivity index (χ2v) is 6.36. The first-order chi connectivity index (χ1) is 11.4. The van der Waals surface area contributed by atoms with Crippen LogP contribution < -0.4 is 5.32 Å². The molecule has 4 nitrogen and oxygen atoms in total. The van der Waals surface area contributed by atoms with Gasteiger partial charge >= 0.3 is 0 Å². The molecule has 4 heteroatoms. The van der Waals surface area contributed by atoms with Gasteiger partial charge in [-0.3, -0.25) is 0 Å². The lowest BCUT2D eigenvalue weighted by molar-refractivity contribution is 0.462. The number of rotatable bonds is 4. The van der Waals surface area contributed by atoms with Crippen molar-refractivity contribution >= 4 is 16.9 Å². The van der Waals surface area contributed by atoms with E-state index >= 15 is 0 Å². The topological polar surface area (TPSA) is 42.7 Å². The van der Waals surface area contributed by atoms with Crippen LogP contribution in [0, 0.1) is 0 Å². The molecule has 4 rings (SSSR count). The maximum absolute atomic E-state index is 4.62. The lowest BCUT2D eigenvalue weighted by atomic mass is 9.95. The highest BCUT2D eigenvalue weighted by atomic mass is 15.1. The fourth-order valence-corrected chi connectivity index (χ4v) is 3.44. The predicted molar refractivity (Wildman–Crippen MR) is 93.6 cm³/mol. The Morgan fingerprint density at radius 1 is 1.00 bits per heavy atom. The highest BCUT2D eigenvalue weighted by Gasteiger charge is 2.16. The third kappa shape index (κ3) is 3.07. The third-order valence-corrected chi connectivity index (χ3v) is 4.68. The van der Waals surface area contributed by atoms with Gasteiger partial charge < -0.3 is 9.88 Å². The van der Waals surface area contributed by atoms with Crippen molar-refractivity contribution in [2.24, 2.45) is 0 Å². The van der Waals surface area contributed by atoms with Gasteiger partial charge in [0.15, 0.2) is 5.82 Å². The minimum Gasteiger partial charge on any atom is -0.365 e. The number of hydrogen-bond donors (Lipinski definition) is 1. The van der Waals surface area contributed by atoms with Crippen molar-refractivity contribution in [3.8, 4) is 0 Å². The summed E-state index contributed by atoms with van der Waals surface area (Å²) in [4.78, 5) is 9.15. The largest absolute Gasteiger partial charge is 0.365 e. The van der Waals surface area contributed by atoms with Gasteiger partial charge in [-0.2, -0.15) is 0 Å². The molecular weight excluding hydrogens is 284 g/mol. The van der Waals surface area contributed by atoms with Crippen LogP contribution in [-0.4, -0.2) is 20.6 Å².